The van der Waals surface area contributed by atoms with Gasteiger partial charge in [-0.25, -0.2) is 0 Å². The molecule has 0 heterocycles. The third-order valence-electron chi connectivity index (χ3n) is 4.00. The summed E-state index contributed by atoms with van der Waals surface area (Å²) in [4.78, 5) is 2.38. The van der Waals surface area contributed by atoms with Gasteiger partial charge in [-0.15, -0.1) is 0 Å². The Labute approximate surface area is 110 Å². The predicted molar refractivity (Wildman–Crippen MR) is 77.3 cm³/mol. The van der Waals surface area contributed by atoms with Gasteiger partial charge < -0.3 is 15.4 Å². The molecule has 3 heteroatoms. The van der Waals surface area contributed by atoms with Crippen molar-refractivity contribution >= 4 is 11.4 Å². The molecule has 0 amide bonds. The van der Waals surface area contributed by atoms with E-state index in [2.05, 4.69) is 18.0 Å². The number of hydrogen-bond donors (Lipinski definition) is 1. The minimum absolute atomic E-state index is 0.654. The molecular weight excluding hydrogens is 224 g/mol. The Morgan fingerprint density at radius 3 is 2.44 bits per heavy atom. The minimum Gasteiger partial charge on any atom is -0.495 e. The van der Waals surface area contributed by atoms with Crippen LogP contribution in [0.3, 0.4) is 0 Å². The van der Waals surface area contributed by atoms with E-state index in [9.17, 15) is 0 Å². The molecule has 0 spiro atoms. The van der Waals surface area contributed by atoms with Crippen molar-refractivity contribution in [2.24, 2.45) is 0 Å². The van der Waals surface area contributed by atoms with Crippen LogP contribution in [0.2, 0.25) is 0 Å². The van der Waals surface area contributed by atoms with E-state index in [-0.39, 0.29) is 0 Å². The molecular formula is C15H24N2O. The Morgan fingerprint density at radius 2 is 1.83 bits per heavy atom. The van der Waals surface area contributed by atoms with Crippen molar-refractivity contribution in [3.05, 3.63) is 18.2 Å². The Kier molecular flexibility index (Phi) is 4.34. The molecule has 100 valence electrons. The summed E-state index contributed by atoms with van der Waals surface area (Å²) in [5.74, 6) is 0.771. The highest BCUT2D eigenvalue weighted by atomic mass is 16.5. The van der Waals surface area contributed by atoms with Gasteiger partial charge in [-0.3, -0.25) is 0 Å². The Hall–Kier alpha value is -1.38. The molecule has 1 saturated carbocycles. The van der Waals surface area contributed by atoms with E-state index in [1.165, 1.54) is 44.2 Å². The van der Waals surface area contributed by atoms with Crippen LogP contribution in [0.1, 0.15) is 38.5 Å². The maximum Gasteiger partial charge on any atom is 0.143 e. The van der Waals surface area contributed by atoms with Gasteiger partial charge in [0, 0.05) is 24.8 Å². The van der Waals surface area contributed by atoms with Crippen molar-refractivity contribution in [2.45, 2.75) is 44.6 Å². The Bertz CT molecular complexity index is 384. The fraction of sp³-hybridized carbons (Fsp3) is 0.600. The lowest BCUT2D eigenvalue weighted by Crippen LogP contribution is -2.31. The molecule has 1 aromatic rings. The van der Waals surface area contributed by atoms with Crippen LogP contribution in [0.15, 0.2) is 18.2 Å². The van der Waals surface area contributed by atoms with Crippen molar-refractivity contribution in [3.8, 4) is 5.75 Å². The summed E-state index contributed by atoms with van der Waals surface area (Å²) in [6, 6.07) is 6.71. The van der Waals surface area contributed by atoms with Crippen LogP contribution < -0.4 is 15.4 Å². The number of nitrogen functional groups attached to an aromatic ring is 1. The summed E-state index contributed by atoms with van der Waals surface area (Å²) in [6.07, 6.45) is 8.05. The zero-order valence-electron chi connectivity index (χ0n) is 11.5. The quantitative estimate of drug-likeness (QED) is 0.658. The minimum atomic E-state index is 0.654. The van der Waals surface area contributed by atoms with Gasteiger partial charge in [-0.05, 0) is 25.0 Å². The molecule has 2 N–H and O–H groups in total. The lowest BCUT2D eigenvalue weighted by molar-refractivity contribution is 0.416. The maximum absolute atomic E-state index is 5.86. The van der Waals surface area contributed by atoms with Crippen LogP contribution in [0, 0.1) is 0 Å². The Balaban J connectivity index is 2.13. The molecule has 0 aromatic heterocycles. The summed E-state index contributed by atoms with van der Waals surface area (Å²) in [5.41, 5.74) is 7.77. The van der Waals surface area contributed by atoms with Gasteiger partial charge in [0.25, 0.3) is 0 Å². The van der Waals surface area contributed by atoms with Crippen LogP contribution in [0.4, 0.5) is 11.4 Å². The van der Waals surface area contributed by atoms with Crippen LogP contribution in [0.25, 0.3) is 0 Å². The number of ether oxygens (including phenoxy) is 1. The molecule has 0 unspecified atom stereocenters. The molecule has 0 radical (unpaired) electrons. The number of nitrogens with two attached hydrogens (primary N) is 1. The summed E-state index contributed by atoms with van der Waals surface area (Å²) in [6.45, 7) is 0. The van der Waals surface area contributed by atoms with Crippen molar-refractivity contribution in [1.29, 1.82) is 0 Å². The van der Waals surface area contributed by atoms with E-state index in [4.69, 9.17) is 10.5 Å². The second kappa shape index (κ2) is 5.98. The van der Waals surface area contributed by atoms with Crippen LogP contribution in [-0.4, -0.2) is 20.2 Å². The fourth-order valence-corrected chi connectivity index (χ4v) is 2.78. The monoisotopic (exact) mass is 248 g/mol. The number of methoxy groups -OCH3 is 1. The molecule has 0 atom stereocenters. The molecule has 0 aliphatic heterocycles. The number of benzene rings is 1. The summed E-state index contributed by atoms with van der Waals surface area (Å²) in [5, 5.41) is 0. The first-order chi connectivity index (χ1) is 8.72. The average Bonchev–Trinajstić information content (AvgIpc) is 2.67. The zero-order chi connectivity index (χ0) is 13.0. The van der Waals surface area contributed by atoms with Gasteiger partial charge >= 0.3 is 0 Å². The van der Waals surface area contributed by atoms with Gasteiger partial charge in [-0.2, -0.15) is 0 Å². The molecule has 0 saturated heterocycles. The van der Waals surface area contributed by atoms with E-state index in [1.807, 2.05) is 12.1 Å². The van der Waals surface area contributed by atoms with E-state index >= 15 is 0 Å². The molecule has 3 nitrogen and oxygen atoms in total. The second-order valence-electron chi connectivity index (χ2n) is 5.18. The van der Waals surface area contributed by atoms with Crippen molar-refractivity contribution in [3.63, 3.8) is 0 Å². The first-order valence-electron chi connectivity index (χ1n) is 6.88. The highest BCUT2D eigenvalue weighted by molar-refractivity contribution is 5.62. The van der Waals surface area contributed by atoms with Gasteiger partial charge in [0.15, 0.2) is 0 Å². The van der Waals surface area contributed by atoms with E-state index in [0.29, 0.717) is 11.7 Å². The lowest BCUT2D eigenvalue weighted by atomic mass is 10.1. The largest absolute Gasteiger partial charge is 0.495 e. The van der Waals surface area contributed by atoms with Crippen molar-refractivity contribution < 1.29 is 4.74 Å². The van der Waals surface area contributed by atoms with Gasteiger partial charge in [-0.1, -0.05) is 25.7 Å². The number of nitrogens with zero attached hydrogens (tertiary/aromatic N) is 1. The standard InChI is InChI=1S/C15H24N2O/c1-17(12-7-5-3-4-6-8-12)13-9-10-14(16)15(11-13)18-2/h9-12H,3-8,16H2,1-2H3. The van der Waals surface area contributed by atoms with Crippen LogP contribution in [-0.2, 0) is 0 Å². The highest BCUT2D eigenvalue weighted by Gasteiger charge is 2.17. The van der Waals surface area contributed by atoms with Crippen molar-refractivity contribution in [2.75, 3.05) is 24.8 Å². The molecule has 1 aliphatic carbocycles. The first-order valence-corrected chi connectivity index (χ1v) is 6.88. The summed E-state index contributed by atoms with van der Waals surface area (Å²) in [7, 11) is 3.85. The Morgan fingerprint density at radius 1 is 1.17 bits per heavy atom. The first kappa shape index (κ1) is 13.1. The third-order valence-corrected chi connectivity index (χ3v) is 4.00. The van der Waals surface area contributed by atoms with E-state index in [1.54, 1.807) is 7.11 Å². The lowest BCUT2D eigenvalue weighted by Gasteiger charge is -2.29. The smallest absolute Gasteiger partial charge is 0.143 e. The van der Waals surface area contributed by atoms with Gasteiger partial charge in [0.1, 0.15) is 5.75 Å². The maximum atomic E-state index is 5.86. The average molecular weight is 248 g/mol. The zero-order valence-corrected chi connectivity index (χ0v) is 11.5. The van der Waals surface area contributed by atoms with E-state index < -0.39 is 0 Å². The number of hydrogen-bond acceptors (Lipinski definition) is 3. The number of rotatable bonds is 3. The van der Waals surface area contributed by atoms with Gasteiger partial charge in [0.2, 0.25) is 0 Å². The fourth-order valence-electron chi connectivity index (χ4n) is 2.78. The normalized spacial score (nSPS) is 17.2. The second-order valence-corrected chi connectivity index (χ2v) is 5.18. The van der Waals surface area contributed by atoms with Gasteiger partial charge in [0.05, 0.1) is 12.8 Å². The molecule has 1 fully saturated rings. The summed E-state index contributed by atoms with van der Waals surface area (Å²) >= 11 is 0. The predicted octanol–water partition coefficient (Wildman–Crippen LogP) is 3.44. The highest BCUT2D eigenvalue weighted by Crippen LogP contribution is 2.30. The van der Waals surface area contributed by atoms with E-state index in [0.717, 1.165) is 5.75 Å². The summed E-state index contributed by atoms with van der Waals surface area (Å²) < 4.78 is 5.30. The topological polar surface area (TPSA) is 38.5 Å². The van der Waals surface area contributed by atoms with Crippen LogP contribution >= 0.6 is 0 Å². The van der Waals surface area contributed by atoms with Crippen molar-refractivity contribution in [1.82, 2.24) is 0 Å². The molecule has 1 aromatic carbocycles. The number of anilines is 2. The third kappa shape index (κ3) is 2.89. The molecule has 1 aliphatic rings. The molecule has 0 bridgehead atoms. The van der Waals surface area contributed by atoms with Crippen LogP contribution in [0.5, 0.6) is 5.75 Å². The molecule has 18 heavy (non-hydrogen) atoms. The SMILES string of the molecule is COc1cc(N(C)C2CCCCCC2)ccc1N. The molecule has 2 rings (SSSR count).